The van der Waals surface area contributed by atoms with E-state index in [0.29, 0.717) is 46.2 Å². The Bertz CT molecular complexity index is 1340. The SMILES string of the molecule is CCCCOc1cccc2nc(Nc3nc(C)c4cc(OC)c(OC)cc4n3)[nH]c(=O)c12. The Kier molecular flexibility index (Phi) is 6.07. The van der Waals surface area contributed by atoms with Crippen molar-refractivity contribution in [2.24, 2.45) is 0 Å². The van der Waals surface area contributed by atoms with E-state index in [1.807, 2.05) is 19.1 Å². The normalized spacial score (nSPS) is 11.0. The van der Waals surface area contributed by atoms with Crippen LogP contribution in [0.25, 0.3) is 21.8 Å². The number of aromatic amines is 1. The molecule has 32 heavy (non-hydrogen) atoms. The summed E-state index contributed by atoms with van der Waals surface area (Å²) in [5.41, 5.74) is 1.64. The average Bonchev–Trinajstić information content (AvgIpc) is 2.78. The lowest BCUT2D eigenvalue weighted by Gasteiger charge is -2.12. The summed E-state index contributed by atoms with van der Waals surface area (Å²) in [5.74, 6) is 2.24. The number of aromatic nitrogens is 4. The van der Waals surface area contributed by atoms with Crippen LogP contribution in [0.15, 0.2) is 35.1 Å². The zero-order valence-corrected chi connectivity index (χ0v) is 18.5. The van der Waals surface area contributed by atoms with Crippen LogP contribution in [-0.4, -0.2) is 40.8 Å². The lowest BCUT2D eigenvalue weighted by molar-refractivity contribution is 0.312. The van der Waals surface area contributed by atoms with Crippen molar-refractivity contribution >= 4 is 33.7 Å². The summed E-state index contributed by atoms with van der Waals surface area (Å²) < 4.78 is 16.5. The van der Waals surface area contributed by atoms with Crippen LogP contribution in [0.4, 0.5) is 11.9 Å². The fraction of sp³-hybridized carbons (Fsp3) is 0.304. The number of unbranched alkanes of at least 4 members (excludes halogenated alkanes) is 1. The Balaban J connectivity index is 1.70. The van der Waals surface area contributed by atoms with Crippen LogP contribution in [0.5, 0.6) is 17.2 Å². The van der Waals surface area contributed by atoms with Crippen molar-refractivity contribution in [3.8, 4) is 17.2 Å². The van der Waals surface area contributed by atoms with Gasteiger partial charge in [-0.2, -0.15) is 0 Å². The molecule has 0 amide bonds. The molecule has 9 nitrogen and oxygen atoms in total. The minimum atomic E-state index is -0.298. The van der Waals surface area contributed by atoms with Crippen molar-refractivity contribution < 1.29 is 14.2 Å². The fourth-order valence-electron chi connectivity index (χ4n) is 3.44. The van der Waals surface area contributed by atoms with Crippen molar-refractivity contribution in [2.75, 3.05) is 26.1 Å². The molecule has 0 aliphatic heterocycles. The monoisotopic (exact) mass is 435 g/mol. The van der Waals surface area contributed by atoms with Gasteiger partial charge in [-0.05, 0) is 31.5 Å². The minimum Gasteiger partial charge on any atom is -0.493 e. The number of H-pyrrole nitrogens is 1. The Morgan fingerprint density at radius 1 is 1.00 bits per heavy atom. The fourth-order valence-corrected chi connectivity index (χ4v) is 3.44. The molecule has 2 heterocycles. The smallest absolute Gasteiger partial charge is 0.263 e. The molecule has 0 aliphatic carbocycles. The van der Waals surface area contributed by atoms with Crippen LogP contribution in [0.3, 0.4) is 0 Å². The van der Waals surface area contributed by atoms with Crippen molar-refractivity contribution in [2.45, 2.75) is 26.7 Å². The molecule has 166 valence electrons. The maximum Gasteiger partial charge on any atom is 0.263 e. The first-order valence-electron chi connectivity index (χ1n) is 10.4. The van der Waals surface area contributed by atoms with Gasteiger partial charge in [0.1, 0.15) is 11.1 Å². The first-order chi connectivity index (χ1) is 15.5. The number of aryl methyl sites for hydroxylation is 1. The predicted molar refractivity (Wildman–Crippen MR) is 123 cm³/mol. The quantitative estimate of drug-likeness (QED) is 0.398. The molecule has 0 saturated heterocycles. The lowest BCUT2D eigenvalue weighted by atomic mass is 10.1. The summed E-state index contributed by atoms with van der Waals surface area (Å²) in [5, 5.41) is 4.26. The highest BCUT2D eigenvalue weighted by atomic mass is 16.5. The summed E-state index contributed by atoms with van der Waals surface area (Å²) in [6.45, 7) is 4.51. The van der Waals surface area contributed by atoms with E-state index in [2.05, 4.69) is 32.2 Å². The first-order valence-corrected chi connectivity index (χ1v) is 10.4. The van der Waals surface area contributed by atoms with Crippen molar-refractivity contribution in [1.29, 1.82) is 0 Å². The molecule has 0 saturated carbocycles. The van der Waals surface area contributed by atoms with E-state index in [0.717, 1.165) is 23.9 Å². The number of ether oxygens (including phenoxy) is 3. The van der Waals surface area contributed by atoms with Crippen molar-refractivity contribution in [1.82, 2.24) is 19.9 Å². The van der Waals surface area contributed by atoms with E-state index < -0.39 is 0 Å². The van der Waals surface area contributed by atoms with Crippen molar-refractivity contribution in [3.05, 3.63) is 46.4 Å². The van der Waals surface area contributed by atoms with Gasteiger partial charge in [-0.25, -0.2) is 15.0 Å². The molecule has 0 radical (unpaired) electrons. The second kappa shape index (κ2) is 9.09. The van der Waals surface area contributed by atoms with Gasteiger partial charge in [-0.1, -0.05) is 19.4 Å². The summed E-state index contributed by atoms with van der Waals surface area (Å²) in [6.07, 6.45) is 1.92. The van der Waals surface area contributed by atoms with Crippen LogP contribution in [-0.2, 0) is 0 Å². The number of rotatable bonds is 8. The van der Waals surface area contributed by atoms with E-state index in [1.54, 1.807) is 32.4 Å². The molecule has 0 bridgehead atoms. The number of fused-ring (bicyclic) bond motifs is 2. The highest BCUT2D eigenvalue weighted by molar-refractivity contribution is 5.87. The topological polar surface area (TPSA) is 111 Å². The van der Waals surface area contributed by atoms with Gasteiger partial charge in [0.15, 0.2) is 11.5 Å². The number of hydrogen-bond donors (Lipinski definition) is 2. The third kappa shape index (κ3) is 4.14. The van der Waals surface area contributed by atoms with E-state index >= 15 is 0 Å². The van der Waals surface area contributed by atoms with Crippen LogP contribution in [0.2, 0.25) is 0 Å². The summed E-state index contributed by atoms with van der Waals surface area (Å²) in [7, 11) is 3.15. The van der Waals surface area contributed by atoms with Crippen LogP contribution in [0, 0.1) is 6.92 Å². The number of benzene rings is 2. The molecule has 4 aromatic rings. The molecule has 9 heteroatoms. The zero-order valence-electron chi connectivity index (χ0n) is 18.5. The zero-order chi connectivity index (χ0) is 22.7. The van der Waals surface area contributed by atoms with Gasteiger partial charge in [-0.15, -0.1) is 0 Å². The van der Waals surface area contributed by atoms with Crippen LogP contribution < -0.4 is 25.1 Å². The first kappa shape index (κ1) is 21.4. The van der Waals surface area contributed by atoms with Gasteiger partial charge >= 0.3 is 0 Å². The lowest BCUT2D eigenvalue weighted by Crippen LogP contribution is -2.14. The Morgan fingerprint density at radius 2 is 1.78 bits per heavy atom. The van der Waals surface area contributed by atoms with E-state index in [-0.39, 0.29) is 11.5 Å². The van der Waals surface area contributed by atoms with E-state index in [4.69, 9.17) is 14.2 Å². The third-order valence-electron chi connectivity index (χ3n) is 5.07. The van der Waals surface area contributed by atoms with Crippen LogP contribution in [0.1, 0.15) is 25.5 Å². The average molecular weight is 435 g/mol. The second-order valence-corrected chi connectivity index (χ2v) is 7.25. The maximum atomic E-state index is 12.8. The summed E-state index contributed by atoms with van der Waals surface area (Å²) in [4.78, 5) is 29.1. The summed E-state index contributed by atoms with van der Waals surface area (Å²) in [6, 6.07) is 8.98. The predicted octanol–water partition coefficient (Wildman–Crippen LogP) is 4.11. The van der Waals surface area contributed by atoms with Gasteiger partial charge < -0.3 is 14.2 Å². The standard InChI is InChI=1S/C23H25N5O4/c1-5-6-10-32-17-9-7-8-15-20(17)21(29)27-23(25-15)28-22-24-13(2)14-11-18(30-3)19(31-4)12-16(14)26-22/h7-9,11-12H,5-6,10H2,1-4H3,(H2,24,25,26,27,28,29). The summed E-state index contributed by atoms with van der Waals surface area (Å²) >= 11 is 0. The second-order valence-electron chi connectivity index (χ2n) is 7.25. The van der Waals surface area contributed by atoms with Gasteiger partial charge in [-0.3, -0.25) is 15.1 Å². The largest absolute Gasteiger partial charge is 0.493 e. The molecule has 4 rings (SSSR count). The third-order valence-corrected chi connectivity index (χ3v) is 5.07. The molecule has 0 atom stereocenters. The Hall–Kier alpha value is -3.88. The van der Waals surface area contributed by atoms with E-state index in [1.165, 1.54) is 0 Å². The molecule has 2 aromatic carbocycles. The number of nitrogens with zero attached hydrogens (tertiary/aromatic N) is 3. The van der Waals surface area contributed by atoms with E-state index in [9.17, 15) is 4.79 Å². The molecular weight excluding hydrogens is 410 g/mol. The molecule has 0 unspecified atom stereocenters. The number of nitrogens with one attached hydrogen (secondary N) is 2. The number of hydrogen-bond acceptors (Lipinski definition) is 8. The van der Waals surface area contributed by atoms with Gasteiger partial charge in [0.05, 0.1) is 37.6 Å². The number of methoxy groups -OCH3 is 2. The molecule has 0 spiro atoms. The molecule has 2 N–H and O–H groups in total. The Labute approximate surface area is 184 Å². The minimum absolute atomic E-state index is 0.243. The van der Waals surface area contributed by atoms with Gasteiger partial charge in [0.25, 0.3) is 5.56 Å². The van der Waals surface area contributed by atoms with Crippen LogP contribution >= 0.6 is 0 Å². The molecular formula is C23H25N5O4. The molecule has 2 aromatic heterocycles. The molecule has 0 fully saturated rings. The van der Waals surface area contributed by atoms with Gasteiger partial charge in [0.2, 0.25) is 11.9 Å². The highest BCUT2D eigenvalue weighted by Gasteiger charge is 2.14. The molecule has 0 aliphatic rings. The van der Waals surface area contributed by atoms with Crippen molar-refractivity contribution in [3.63, 3.8) is 0 Å². The Morgan fingerprint density at radius 3 is 2.53 bits per heavy atom. The number of anilines is 2. The maximum absolute atomic E-state index is 12.8. The van der Waals surface area contributed by atoms with Gasteiger partial charge in [0, 0.05) is 11.5 Å². The highest BCUT2D eigenvalue weighted by Crippen LogP contribution is 2.33.